The molecule has 0 aliphatic heterocycles. The molecular formula is C15H19ClFN3. The normalized spacial score (nSPS) is 12.7. The zero-order valence-corrected chi connectivity index (χ0v) is 12.7. The lowest BCUT2D eigenvalue weighted by Crippen LogP contribution is -2.21. The van der Waals surface area contributed by atoms with Gasteiger partial charge in [-0.1, -0.05) is 11.6 Å². The van der Waals surface area contributed by atoms with Crippen LogP contribution in [-0.4, -0.2) is 16.8 Å². The summed E-state index contributed by atoms with van der Waals surface area (Å²) < 4.78 is 15.9. The van der Waals surface area contributed by atoms with Gasteiger partial charge in [0.05, 0.1) is 5.69 Å². The van der Waals surface area contributed by atoms with Crippen molar-refractivity contribution < 1.29 is 4.39 Å². The van der Waals surface area contributed by atoms with Crippen LogP contribution >= 0.6 is 11.6 Å². The van der Waals surface area contributed by atoms with Gasteiger partial charge >= 0.3 is 0 Å². The minimum Gasteiger partial charge on any atom is -0.313 e. The van der Waals surface area contributed by atoms with Crippen LogP contribution in [0.4, 0.5) is 4.39 Å². The Kier molecular flexibility index (Phi) is 4.78. The Morgan fingerprint density at radius 3 is 2.80 bits per heavy atom. The van der Waals surface area contributed by atoms with Crippen LogP contribution in [0.5, 0.6) is 0 Å². The van der Waals surface area contributed by atoms with Gasteiger partial charge in [0.25, 0.3) is 0 Å². The molecule has 20 heavy (non-hydrogen) atoms. The summed E-state index contributed by atoms with van der Waals surface area (Å²) in [6, 6.07) is 6.56. The zero-order valence-electron chi connectivity index (χ0n) is 12.0. The predicted octanol–water partition coefficient (Wildman–Crippen LogP) is 3.51. The van der Waals surface area contributed by atoms with Crippen molar-refractivity contribution in [1.82, 2.24) is 15.1 Å². The van der Waals surface area contributed by atoms with E-state index in [4.69, 9.17) is 11.6 Å². The average Bonchev–Trinajstić information content (AvgIpc) is 2.79. The van der Waals surface area contributed by atoms with Crippen molar-refractivity contribution >= 4 is 11.6 Å². The number of benzene rings is 1. The third-order valence-corrected chi connectivity index (χ3v) is 3.62. The Morgan fingerprint density at radius 1 is 1.40 bits per heavy atom. The van der Waals surface area contributed by atoms with Crippen LogP contribution in [0.2, 0.25) is 5.02 Å². The molecule has 1 unspecified atom stereocenters. The monoisotopic (exact) mass is 295 g/mol. The highest BCUT2D eigenvalue weighted by Crippen LogP contribution is 2.24. The maximum absolute atomic E-state index is 14.0. The van der Waals surface area contributed by atoms with E-state index in [1.165, 1.54) is 6.07 Å². The molecule has 0 aliphatic carbocycles. The summed E-state index contributed by atoms with van der Waals surface area (Å²) in [6.07, 6.45) is 0.669. The van der Waals surface area contributed by atoms with E-state index < -0.39 is 0 Å². The highest BCUT2D eigenvalue weighted by molar-refractivity contribution is 6.30. The van der Waals surface area contributed by atoms with E-state index in [1.54, 1.807) is 12.1 Å². The standard InChI is InChI=1S/C15H19ClFN3/c1-4-20-12(7-10(2)19-20)9-15(18-3)13-8-11(16)5-6-14(13)17/h5-8,15,18H,4,9H2,1-3H3. The second-order valence-corrected chi connectivity index (χ2v) is 5.24. The molecule has 1 atom stereocenters. The van der Waals surface area contributed by atoms with E-state index >= 15 is 0 Å². The van der Waals surface area contributed by atoms with Gasteiger partial charge < -0.3 is 5.32 Å². The average molecular weight is 296 g/mol. The number of halogens is 2. The van der Waals surface area contributed by atoms with Crippen LogP contribution in [0.25, 0.3) is 0 Å². The molecule has 0 saturated heterocycles. The SMILES string of the molecule is CCn1nc(C)cc1CC(NC)c1cc(Cl)ccc1F. The molecule has 0 saturated carbocycles. The molecular weight excluding hydrogens is 277 g/mol. The number of nitrogens with one attached hydrogen (secondary N) is 1. The molecule has 1 aromatic heterocycles. The van der Waals surface area contributed by atoms with E-state index in [1.807, 2.05) is 31.6 Å². The van der Waals surface area contributed by atoms with Gasteiger partial charge in [-0.3, -0.25) is 4.68 Å². The van der Waals surface area contributed by atoms with Crippen molar-refractivity contribution in [3.05, 3.63) is 52.1 Å². The number of hydrogen-bond acceptors (Lipinski definition) is 2. The largest absolute Gasteiger partial charge is 0.313 e. The van der Waals surface area contributed by atoms with Crippen molar-refractivity contribution in [2.45, 2.75) is 32.9 Å². The van der Waals surface area contributed by atoms with Gasteiger partial charge in [-0.25, -0.2) is 4.39 Å². The number of nitrogens with zero attached hydrogens (tertiary/aromatic N) is 2. The summed E-state index contributed by atoms with van der Waals surface area (Å²) in [4.78, 5) is 0. The highest BCUT2D eigenvalue weighted by Gasteiger charge is 2.17. The van der Waals surface area contributed by atoms with Gasteiger partial charge in [0.15, 0.2) is 0 Å². The van der Waals surface area contributed by atoms with E-state index in [2.05, 4.69) is 10.4 Å². The molecule has 0 radical (unpaired) electrons. The Hall–Kier alpha value is -1.39. The van der Waals surface area contributed by atoms with Crippen molar-refractivity contribution in [3.63, 3.8) is 0 Å². The van der Waals surface area contributed by atoms with Crippen molar-refractivity contribution in [2.24, 2.45) is 0 Å². The molecule has 1 aromatic carbocycles. The zero-order chi connectivity index (χ0) is 14.7. The minimum absolute atomic E-state index is 0.130. The number of hydrogen-bond donors (Lipinski definition) is 1. The molecule has 0 amide bonds. The van der Waals surface area contributed by atoms with Crippen LogP contribution in [-0.2, 0) is 13.0 Å². The number of aromatic nitrogens is 2. The maximum Gasteiger partial charge on any atom is 0.128 e. The lowest BCUT2D eigenvalue weighted by molar-refractivity contribution is 0.510. The summed E-state index contributed by atoms with van der Waals surface area (Å²) in [5.41, 5.74) is 2.65. The third-order valence-electron chi connectivity index (χ3n) is 3.38. The molecule has 108 valence electrons. The smallest absolute Gasteiger partial charge is 0.128 e. The Labute approximate surface area is 123 Å². The lowest BCUT2D eigenvalue weighted by Gasteiger charge is -2.18. The lowest BCUT2D eigenvalue weighted by atomic mass is 10.0. The fourth-order valence-electron chi connectivity index (χ4n) is 2.40. The molecule has 2 rings (SSSR count). The fraction of sp³-hybridized carbons (Fsp3) is 0.400. The highest BCUT2D eigenvalue weighted by atomic mass is 35.5. The first-order valence-electron chi connectivity index (χ1n) is 6.70. The Bertz CT molecular complexity index is 595. The van der Waals surface area contributed by atoms with Gasteiger partial charge in [-0.05, 0) is 45.2 Å². The molecule has 2 aromatic rings. The summed E-state index contributed by atoms with van der Waals surface area (Å²) in [5.74, 6) is -0.243. The van der Waals surface area contributed by atoms with Gasteiger partial charge in [0.1, 0.15) is 5.82 Å². The molecule has 0 spiro atoms. The molecule has 1 N–H and O–H groups in total. The first kappa shape index (κ1) is 15.0. The first-order chi connectivity index (χ1) is 9.55. The molecule has 5 heteroatoms. The summed E-state index contributed by atoms with van der Waals surface area (Å²) in [6.45, 7) is 4.81. The fourth-order valence-corrected chi connectivity index (χ4v) is 2.58. The molecule has 0 fully saturated rings. The second-order valence-electron chi connectivity index (χ2n) is 4.80. The maximum atomic E-state index is 14.0. The Morgan fingerprint density at radius 2 is 2.15 bits per heavy atom. The van der Waals surface area contributed by atoms with Gasteiger partial charge in [0.2, 0.25) is 0 Å². The summed E-state index contributed by atoms with van der Waals surface area (Å²) in [7, 11) is 1.82. The van der Waals surface area contributed by atoms with Crippen LogP contribution < -0.4 is 5.32 Å². The van der Waals surface area contributed by atoms with Crippen molar-refractivity contribution in [2.75, 3.05) is 7.05 Å². The number of likely N-dealkylation sites (N-methyl/N-ethyl adjacent to an activating group) is 1. The van der Waals surface area contributed by atoms with Crippen LogP contribution in [0.15, 0.2) is 24.3 Å². The van der Waals surface area contributed by atoms with E-state index in [9.17, 15) is 4.39 Å². The van der Waals surface area contributed by atoms with Gasteiger partial charge in [0, 0.05) is 35.3 Å². The number of aryl methyl sites for hydroxylation is 2. The van der Waals surface area contributed by atoms with Crippen LogP contribution in [0.3, 0.4) is 0 Å². The Balaban J connectivity index is 2.30. The molecule has 3 nitrogen and oxygen atoms in total. The quantitative estimate of drug-likeness (QED) is 0.915. The van der Waals surface area contributed by atoms with Crippen molar-refractivity contribution in [3.8, 4) is 0 Å². The van der Waals surface area contributed by atoms with Crippen LogP contribution in [0.1, 0.15) is 29.9 Å². The second kappa shape index (κ2) is 6.37. The van der Waals surface area contributed by atoms with Gasteiger partial charge in [-0.2, -0.15) is 5.10 Å². The molecule has 0 aliphatic rings. The van der Waals surface area contributed by atoms with Crippen molar-refractivity contribution in [1.29, 1.82) is 0 Å². The van der Waals surface area contributed by atoms with E-state index in [0.29, 0.717) is 17.0 Å². The molecule has 1 heterocycles. The summed E-state index contributed by atoms with van der Waals surface area (Å²) >= 11 is 5.97. The van der Waals surface area contributed by atoms with Crippen LogP contribution in [0, 0.1) is 12.7 Å². The van der Waals surface area contributed by atoms with E-state index in [0.717, 1.165) is 17.9 Å². The number of rotatable bonds is 5. The first-order valence-corrected chi connectivity index (χ1v) is 7.08. The minimum atomic E-state index is -0.243. The predicted molar refractivity (Wildman–Crippen MR) is 79.6 cm³/mol. The summed E-state index contributed by atoms with van der Waals surface area (Å²) in [5, 5.41) is 8.12. The molecule has 0 bridgehead atoms. The van der Waals surface area contributed by atoms with E-state index in [-0.39, 0.29) is 11.9 Å². The third kappa shape index (κ3) is 3.19. The topological polar surface area (TPSA) is 29.9 Å². The van der Waals surface area contributed by atoms with Gasteiger partial charge in [-0.15, -0.1) is 0 Å².